The van der Waals surface area contributed by atoms with Crippen LogP contribution >= 0.6 is 0 Å². The molecule has 8 heteroatoms. The number of nitrogens with zero attached hydrogens (tertiary/aromatic N) is 6. The van der Waals surface area contributed by atoms with Gasteiger partial charge in [0.1, 0.15) is 18.0 Å². The molecule has 0 aliphatic carbocycles. The second kappa shape index (κ2) is 6.27. The fraction of sp³-hybridized carbons (Fsp3) is 0.412. The topological polar surface area (TPSA) is 71.2 Å². The molecule has 1 aromatic carbocycles. The fourth-order valence-electron chi connectivity index (χ4n) is 3.24. The number of piperidine rings is 1. The van der Waals surface area contributed by atoms with Gasteiger partial charge in [0.15, 0.2) is 0 Å². The highest BCUT2D eigenvalue weighted by Crippen LogP contribution is 2.32. The summed E-state index contributed by atoms with van der Waals surface area (Å²) >= 11 is 0. The van der Waals surface area contributed by atoms with E-state index in [9.17, 15) is 4.39 Å². The Morgan fingerprint density at radius 1 is 1.28 bits per heavy atom. The van der Waals surface area contributed by atoms with Crippen LogP contribution in [0.3, 0.4) is 0 Å². The van der Waals surface area contributed by atoms with Crippen molar-refractivity contribution in [2.45, 2.75) is 18.8 Å². The Bertz CT molecular complexity index is 890. The minimum absolute atomic E-state index is 0.103. The first-order valence-electron chi connectivity index (χ1n) is 8.28. The third kappa shape index (κ3) is 2.88. The van der Waals surface area contributed by atoms with E-state index >= 15 is 0 Å². The summed E-state index contributed by atoms with van der Waals surface area (Å²) in [6.07, 6.45) is 3.39. The fourth-order valence-corrected chi connectivity index (χ4v) is 3.24. The van der Waals surface area contributed by atoms with Crippen LogP contribution in [-0.2, 0) is 0 Å². The van der Waals surface area contributed by atoms with Gasteiger partial charge in [-0.15, -0.1) is 0 Å². The molecule has 0 bridgehead atoms. The number of anilines is 2. The van der Waals surface area contributed by atoms with E-state index < -0.39 is 0 Å². The van der Waals surface area contributed by atoms with Crippen molar-refractivity contribution in [2.75, 3.05) is 37.0 Å². The van der Waals surface area contributed by atoms with Crippen LogP contribution in [0.1, 0.15) is 24.7 Å². The molecule has 2 aromatic heterocycles. The van der Waals surface area contributed by atoms with E-state index in [0.29, 0.717) is 35.1 Å². The van der Waals surface area contributed by atoms with Crippen LogP contribution in [0.4, 0.5) is 16.2 Å². The van der Waals surface area contributed by atoms with Gasteiger partial charge in [0.05, 0.1) is 16.8 Å². The van der Waals surface area contributed by atoms with Gasteiger partial charge in [-0.3, -0.25) is 0 Å². The van der Waals surface area contributed by atoms with Crippen LogP contribution in [-0.4, -0.2) is 47.3 Å². The summed E-state index contributed by atoms with van der Waals surface area (Å²) in [7, 11) is 3.75. The van der Waals surface area contributed by atoms with Crippen molar-refractivity contribution in [3.63, 3.8) is 0 Å². The lowest BCUT2D eigenvalue weighted by molar-refractivity contribution is 0.333. The van der Waals surface area contributed by atoms with E-state index in [1.165, 1.54) is 12.4 Å². The van der Waals surface area contributed by atoms with Crippen LogP contribution in [0, 0.1) is 5.82 Å². The molecule has 1 atom stereocenters. The molecule has 1 saturated heterocycles. The third-order valence-corrected chi connectivity index (χ3v) is 4.49. The summed E-state index contributed by atoms with van der Waals surface area (Å²) < 4.78 is 19.8. The van der Waals surface area contributed by atoms with Gasteiger partial charge < -0.3 is 14.3 Å². The largest absolute Gasteiger partial charge is 0.355 e. The molecular formula is C17H19FN6O. The molecule has 25 heavy (non-hydrogen) atoms. The average Bonchev–Trinajstić information content (AvgIpc) is 3.12. The Morgan fingerprint density at radius 2 is 2.16 bits per heavy atom. The number of hydrogen-bond acceptors (Lipinski definition) is 7. The number of halogens is 1. The van der Waals surface area contributed by atoms with Crippen molar-refractivity contribution in [3.8, 4) is 0 Å². The number of hydrogen-bond donors (Lipinski definition) is 0. The Labute approximate surface area is 144 Å². The number of aromatic nitrogens is 4. The van der Waals surface area contributed by atoms with Crippen molar-refractivity contribution < 1.29 is 8.91 Å². The summed E-state index contributed by atoms with van der Waals surface area (Å²) in [6, 6.07) is 4.90. The molecule has 1 aliphatic rings. The first-order chi connectivity index (χ1) is 12.1. The Hall–Kier alpha value is -2.77. The molecule has 3 aromatic rings. The number of benzene rings is 1. The highest BCUT2D eigenvalue weighted by molar-refractivity contribution is 5.89. The van der Waals surface area contributed by atoms with Crippen molar-refractivity contribution in [1.82, 2.24) is 20.1 Å². The number of fused-ring (bicyclic) bond motifs is 1. The van der Waals surface area contributed by atoms with Crippen molar-refractivity contribution >= 4 is 22.7 Å². The highest BCUT2D eigenvalue weighted by Gasteiger charge is 2.28. The standard InChI is InChI=1S/C17H19FN6O/c1-23(2)17-21-16(25-22-17)11-5-4-8-24(9-11)15-14-12(18)6-3-7-13(14)19-10-20-15/h3,6-7,10-11H,4-5,8-9H2,1-2H3/t11-/m1/s1. The third-order valence-electron chi connectivity index (χ3n) is 4.49. The lowest BCUT2D eigenvalue weighted by Crippen LogP contribution is -2.35. The SMILES string of the molecule is CN(C)c1noc([C@@H]2CCCN(c3ncnc4cccc(F)c34)C2)n1. The summed E-state index contributed by atoms with van der Waals surface area (Å²) in [4.78, 5) is 16.9. The van der Waals surface area contributed by atoms with Gasteiger partial charge in [0.25, 0.3) is 5.95 Å². The second-order valence-electron chi connectivity index (χ2n) is 6.44. The predicted octanol–water partition coefficient (Wildman–Crippen LogP) is 2.60. The zero-order chi connectivity index (χ0) is 17.4. The minimum Gasteiger partial charge on any atom is -0.355 e. The maximum Gasteiger partial charge on any atom is 0.265 e. The Morgan fingerprint density at radius 3 is 2.96 bits per heavy atom. The molecule has 3 heterocycles. The maximum atomic E-state index is 14.4. The van der Waals surface area contributed by atoms with E-state index in [1.54, 1.807) is 17.0 Å². The predicted molar refractivity (Wildman–Crippen MR) is 92.3 cm³/mol. The van der Waals surface area contributed by atoms with E-state index in [2.05, 4.69) is 25.0 Å². The van der Waals surface area contributed by atoms with Gasteiger partial charge in [-0.1, -0.05) is 6.07 Å². The van der Waals surface area contributed by atoms with Crippen molar-refractivity contribution in [3.05, 3.63) is 36.2 Å². The summed E-state index contributed by atoms with van der Waals surface area (Å²) in [5.74, 6) is 1.60. The van der Waals surface area contributed by atoms with Crippen molar-refractivity contribution in [2.24, 2.45) is 0 Å². The van der Waals surface area contributed by atoms with E-state index in [1.807, 2.05) is 14.1 Å². The number of rotatable bonds is 3. The van der Waals surface area contributed by atoms with Crippen LogP contribution < -0.4 is 9.80 Å². The summed E-state index contributed by atoms with van der Waals surface area (Å²) in [5, 5.41) is 4.45. The molecule has 0 N–H and O–H groups in total. The molecule has 1 fully saturated rings. The molecule has 0 radical (unpaired) electrons. The molecule has 1 aliphatic heterocycles. The monoisotopic (exact) mass is 342 g/mol. The van der Waals surface area contributed by atoms with Crippen LogP contribution in [0.2, 0.25) is 0 Å². The van der Waals surface area contributed by atoms with Gasteiger partial charge in [0.2, 0.25) is 5.89 Å². The molecule has 4 rings (SSSR count). The second-order valence-corrected chi connectivity index (χ2v) is 6.44. The quantitative estimate of drug-likeness (QED) is 0.724. The molecule has 0 saturated carbocycles. The van der Waals surface area contributed by atoms with Gasteiger partial charge in [-0.2, -0.15) is 4.98 Å². The Balaban J connectivity index is 1.65. The van der Waals surface area contributed by atoms with Gasteiger partial charge in [0, 0.05) is 27.2 Å². The molecule has 0 amide bonds. The molecule has 7 nitrogen and oxygen atoms in total. The van der Waals surface area contributed by atoms with Gasteiger partial charge >= 0.3 is 0 Å². The molecular weight excluding hydrogens is 323 g/mol. The summed E-state index contributed by atoms with van der Waals surface area (Å²) in [6.45, 7) is 1.47. The van der Waals surface area contributed by atoms with Gasteiger partial charge in [-0.05, 0) is 30.1 Å². The molecule has 0 spiro atoms. The van der Waals surface area contributed by atoms with Gasteiger partial charge in [-0.25, -0.2) is 14.4 Å². The van der Waals surface area contributed by atoms with Crippen LogP contribution in [0.15, 0.2) is 29.0 Å². The minimum atomic E-state index is -0.303. The Kier molecular flexibility index (Phi) is 3.95. The van der Waals surface area contributed by atoms with Crippen LogP contribution in [0.5, 0.6) is 0 Å². The molecule has 130 valence electrons. The van der Waals surface area contributed by atoms with E-state index in [-0.39, 0.29) is 11.7 Å². The average molecular weight is 342 g/mol. The van der Waals surface area contributed by atoms with E-state index in [4.69, 9.17) is 4.52 Å². The lowest BCUT2D eigenvalue weighted by Gasteiger charge is -2.32. The first-order valence-corrected chi connectivity index (χ1v) is 8.28. The zero-order valence-electron chi connectivity index (χ0n) is 14.2. The normalized spacial score (nSPS) is 17.9. The highest BCUT2D eigenvalue weighted by atomic mass is 19.1. The first kappa shape index (κ1) is 15.7. The summed E-state index contributed by atoms with van der Waals surface area (Å²) in [5.41, 5.74) is 0.611. The molecule has 0 unspecified atom stereocenters. The van der Waals surface area contributed by atoms with E-state index in [0.717, 1.165) is 19.4 Å². The van der Waals surface area contributed by atoms with Crippen molar-refractivity contribution in [1.29, 1.82) is 0 Å². The maximum absolute atomic E-state index is 14.4. The lowest BCUT2D eigenvalue weighted by atomic mass is 9.97. The van der Waals surface area contributed by atoms with Crippen LogP contribution in [0.25, 0.3) is 10.9 Å². The zero-order valence-corrected chi connectivity index (χ0v) is 14.2. The smallest absolute Gasteiger partial charge is 0.265 e.